The number of piperidine rings is 1. The number of likely N-dealkylation sites (tertiary alicyclic amines) is 1. The van der Waals surface area contributed by atoms with Crippen molar-refractivity contribution in [3.05, 3.63) is 29.8 Å². The number of benzene rings is 1. The molecule has 1 aliphatic heterocycles. The lowest BCUT2D eigenvalue weighted by atomic mass is 9.97. The average Bonchev–Trinajstić information content (AvgIpc) is 2.37. The fourth-order valence-corrected chi connectivity index (χ4v) is 2.18. The van der Waals surface area contributed by atoms with Crippen LogP contribution in [0.15, 0.2) is 29.4 Å². The summed E-state index contributed by atoms with van der Waals surface area (Å²) in [7, 11) is 0. The molecular formula is C13H16N2O3. The molecule has 96 valence electrons. The first kappa shape index (κ1) is 12.4. The van der Waals surface area contributed by atoms with E-state index in [0.29, 0.717) is 25.1 Å². The molecule has 0 spiro atoms. The van der Waals surface area contributed by atoms with Gasteiger partial charge >= 0.3 is 0 Å². The summed E-state index contributed by atoms with van der Waals surface area (Å²) in [6, 6.07) is 6.33. The number of hydrogen-bond acceptors (Lipinski definition) is 4. The molecule has 1 saturated heterocycles. The zero-order valence-corrected chi connectivity index (χ0v) is 10.2. The van der Waals surface area contributed by atoms with Crippen molar-refractivity contribution in [1.82, 2.24) is 4.90 Å². The second-order valence-corrected chi connectivity index (χ2v) is 4.54. The Hall–Kier alpha value is -2.04. The number of nitrogens with zero attached hydrogens (tertiary/aromatic N) is 2. The van der Waals surface area contributed by atoms with Crippen molar-refractivity contribution in [2.75, 3.05) is 13.1 Å². The molecule has 2 rings (SSSR count). The summed E-state index contributed by atoms with van der Waals surface area (Å²) < 4.78 is 0. The maximum absolute atomic E-state index is 12.2. The molecule has 1 aromatic carbocycles. The molecule has 18 heavy (non-hydrogen) atoms. The smallest absolute Gasteiger partial charge is 0.254 e. The SMILES string of the molecule is CC1CN(C(=O)c2cccc(O)c2)CC/C1=N\O. The second-order valence-electron chi connectivity index (χ2n) is 4.54. The van der Waals surface area contributed by atoms with Crippen LogP contribution in [0.3, 0.4) is 0 Å². The van der Waals surface area contributed by atoms with Crippen LogP contribution >= 0.6 is 0 Å². The van der Waals surface area contributed by atoms with Crippen LogP contribution in [0.1, 0.15) is 23.7 Å². The lowest BCUT2D eigenvalue weighted by molar-refractivity contribution is 0.0733. The topological polar surface area (TPSA) is 73.1 Å². The second kappa shape index (κ2) is 5.08. The maximum atomic E-state index is 12.2. The fourth-order valence-electron chi connectivity index (χ4n) is 2.18. The third-order valence-corrected chi connectivity index (χ3v) is 3.21. The molecule has 0 radical (unpaired) electrons. The molecule has 0 bridgehead atoms. The molecule has 1 aromatic rings. The van der Waals surface area contributed by atoms with Gasteiger partial charge in [-0.15, -0.1) is 0 Å². The maximum Gasteiger partial charge on any atom is 0.254 e. The quantitative estimate of drug-likeness (QED) is 0.587. The van der Waals surface area contributed by atoms with Crippen LogP contribution in [0.5, 0.6) is 5.75 Å². The summed E-state index contributed by atoms with van der Waals surface area (Å²) in [5, 5.41) is 21.4. The Labute approximate surface area is 105 Å². The molecule has 0 saturated carbocycles. The molecule has 2 N–H and O–H groups in total. The van der Waals surface area contributed by atoms with Gasteiger partial charge in [0, 0.05) is 31.0 Å². The van der Waals surface area contributed by atoms with E-state index in [2.05, 4.69) is 5.16 Å². The molecule has 1 atom stereocenters. The number of oxime groups is 1. The number of carbonyl (C=O) groups is 1. The number of amides is 1. The van der Waals surface area contributed by atoms with Crippen molar-refractivity contribution in [3.8, 4) is 5.75 Å². The van der Waals surface area contributed by atoms with E-state index < -0.39 is 0 Å². The molecule has 1 unspecified atom stereocenters. The van der Waals surface area contributed by atoms with Gasteiger partial charge in [-0.05, 0) is 18.2 Å². The van der Waals surface area contributed by atoms with Crippen LogP contribution in [0.4, 0.5) is 0 Å². The van der Waals surface area contributed by atoms with E-state index in [1.165, 1.54) is 12.1 Å². The highest BCUT2D eigenvalue weighted by atomic mass is 16.4. The van der Waals surface area contributed by atoms with Crippen LogP contribution in [-0.4, -0.2) is 39.9 Å². The molecule has 1 aliphatic rings. The first-order chi connectivity index (χ1) is 8.61. The lowest BCUT2D eigenvalue weighted by Gasteiger charge is -2.31. The molecule has 1 heterocycles. The predicted molar refractivity (Wildman–Crippen MR) is 67.0 cm³/mol. The summed E-state index contributed by atoms with van der Waals surface area (Å²) >= 11 is 0. The van der Waals surface area contributed by atoms with Gasteiger partial charge < -0.3 is 15.2 Å². The minimum Gasteiger partial charge on any atom is -0.508 e. The van der Waals surface area contributed by atoms with Gasteiger partial charge in [0.05, 0.1) is 5.71 Å². The van der Waals surface area contributed by atoms with E-state index in [-0.39, 0.29) is 17.6 Å². The minimum absolute atomic E-state index is 0.0602. The number of carbonyl (C=O) groups excluding carboxylic acids is 1. The van der Waals surface area contributed by atoms with Crippen LogP contribution in [0, 0.1) is 5.92 Å². The Bertz CT molecular complexity index is 485. The Morgan fingerprint density at radius 1 is 1.50 bits per heavy atom. The third kappa shape index (κ3) is 2.45. The number of rotatable bonds is 1. The van der Waals surface area contributed by atoms with Crippen molar-refractivity contribution >= 4 is 11.6 Å². The molecule has 0 aliphatic carbocycles. The zero-order chi connectivity index (χ0) is 13.1. The van der Waals surface area contributed by atoms with Crippen molar-refractivity contribution < 1.29 is 15.1 Å². The minimum atomic E-state index is -0.102. The van der Waals surface area contributed by atoms with Gasteiger partial charge in [-0.1, -0.05) is 18.1 Å². The van der Waals surface area contributed by atoms with Gasteiger partial charge in [0.1, 0.15) is 5.75 Å². The highest BCUT2D eigenvalue weighted by Crippen LogP contribution is 2.18. The third-order valence-electron chi connectivity index (χ3n) is 3.21. The molecule has 0 aromatic heterocycles. The molecule has 1 amide bonds. The van der Waals surface area contributed by atoms with E-state index in [1.807, 2.05) is 6.92 Å². The summed E-state index contributed by atoms with van der Waals surface area (Å²) in [5.41, 5.74) is 1.21. The summed E-state index contributed by atoms with van der Waals surface area (Å²) in [6.07, 6.45) is 0.586. The summed E-state index contributed by atoms with van der Waals surface area (Å²) in [6.45, 7) is 3.00. The number of phenolic OH excluding ortho intramolecular Hbond substituents is 1. The lowest BCUT2D eigenvalue weighted by Crippen LogP contribution is -2.43. The first-order valence-electron chi connectivity index (χ1n) is 5.91. The highest BCUT2D eigenvalue weighted by Gasteiger charge is 2.26. The van der Waals surface area contributed by atoms with E-state index in [4.69, 9.17) is 5.21 Å². The van der Waals surface area contributed by atoms with E-state index in [9.17, 15) is 9.90 Å². The van der Waals surface area contributed by atoms with Crippen molar-refractivity contribution in [3.63, 3.8) is 0 Å². The van der Waals surface area contributed by atoms with Gasteiger partial charge in [0.2, 0.25) is 0 Å². The predicted octanol–water partition coefficient (Wildman–Crippen LogP) is 1.70. The van der Waals surface area contributed by atoms with E-state index >= 15 is 0 Å². The molecule has 5 heteroatoms. The van der Waals surface area contributed by atoms with Crippen molar-refractivity contribution in [1.29, 1.82) is 0 Å². The van der Waals surface area contributed by atoms with Crippen molar-refractivity contribution in [2.45, 2.75) is 13.3 Å². The standard InChI is InChI=1S/C13H16N2O3/c1-9-8-15(6-5-12(9)14-18)13(17)10-3-2-4-11(16)7-10/h2-4,7,9,16,18H,5-6,8H2,1H3/b14-12+. The summed E-state index contributed by atoms with van der Waals surface area (Å²) in [5.74, 6) is 0.0447. The first-order valence-corrected chi connectivity index (χ1v) is 5.91. The van der Waals surface area contributed by atoms with Crippen LogP contribution in [0.25, 0.3) is 0 Å². The van der Waals surface area contributed by atoms with Crippen LogP contribution < -0.4 is 0 Å². The van der Waals surface area contributed by atoms with Crippen molar-refractivity contribution in [2.24, 2.45) is 11.1 Å². The Kier molecular flexibility index (Phi) is 3.50. The molecular weight excluding hydrogens is 232 g/mol. The Morgan fingerprint density at radius 2 is 2.28 bits per heavy atom. The number of phenols is 1. The van der Waals surface area contributed by atoms with Gasteiger partial charge in [-0.2, -0.15) is 0 Å². The average molecular weight is 248 g/mol. The van der Waals surface area contributed by atoms with Gasteiger partial charge in [-0.25, -0.2) is 0 Å². The fraction of sp³-hybridized carbons (Fsp3) is 0.385. The van der Waals surface area contributed by atoms with Gasteiger partial charge in [0.25, 0.3) is 5.91 Å². The zero-order valence-electron chi connectivity index (χ0n) is 10.2. The van der Waals surface area contributed by atoms with E-state index in [0.717, 1.165) is 5.71 Å². The highest BCUT2D eigenvalue weighted by molar-refractivity contribution is 5.96. The number of aromatic hydroxyl groups is 1. The summed E-state index contributed by atoms with van der Waals surface area (Å²) in [4.78, 5) is 13.9. The Balaban J connectivity index is 2.12. The normalized spacial score (nSPS) is 22.2. The monoisotopic (exact) mass is 248 g/mol. The Morgan fingerprint density at radius 3 is 2.89 bits per heavy atom. The largest absolute Gasteiger partial charge is 0.508 e. The van der Waals surface area contributed by atoms with E-state index in [1.54, 1.807) is 17.0 Å². The molecule has 5 nitrogen and oxygen atoms in total. The van der Waals surface area contributed by atoms with Gasteiger partial charge in [-0.3, -0.25) is 4.79 Å². The number of hydrogen-bond donors (Lipinski definition) is 2. The molecule has 1 fully saturated rings. The van der Waals surface area contributed by atoms with Gasteiger partial charge in [0.15, 0.2) is 0 Å². The van der Waals surface area contributed by atoms with Crippen LogP contribution in [0.2, 0.25) is 0 Å². The van der Waals surface area contributed by atoms with Crippen LogP contribution in [-0.2, 0) is 0 Å².